The van der Waals surface area contributed by atoms with Crippen LogP contribution in [0, 0.1) is 6.92 Å². The Balaban J connectivity index is 0.966. The summed E-state index contributed by atoms with van der Waals surface area (Å²) in [6.07, 6.45) is 3.98. The van der Waals surface area contributed by atoms with Gasteiger partial charge in [0.15, 0.2) is 17.1 Å². The van der Waals surface area contributed by atoms with Gasteiger partial charge in [0.1, 0.15) is 18.2 Å². The van der Waals surface area contributed by atoms with Crippen LogP contribution in [0.15, 0.2) is 103 Å². The molecule has 4 aromatic heterocycles. The van der Waals surface area contributed by atoms with Crippen molar-refractivity contribution in [3.63, 3.8) is 0 Å². The molecule has 7 aromatic rings. The first-order valence-corrected chi connectivity index (χ1v) is 15.8. The Labute approximate surface area is 266 Å². The number of rotatable bonds is 8. The van der Waals surface area contributed by atoms with Crippen LogP contribution in [0.5, 0.6) is 5.75 Å². The molecule has 0 aliphatic carbocycles. The molecule has 3 aromatic carbocycles. The second-order valence-corrected chi connectivity index (χ2v) is 12.0. The number of aromatic nitrogens is 7. The normalized spacial score (nSPS) is 14.3. The minimum Gasteiger partial charge on any atom is -0.486 e. The summed E-state index contributed by atoms with van der Waals surface area (Å²) in [6.45, 7) is 5.31. The van der Waals surface area contributed by atoms with Crippen LogP contribution in [0.1, 0.15) is 41.7 Å². The summed E-state index contributed by atoms with van der Waals surface area (Å²) in [6, 6.07) is 33.2. The number of hydrogen-bond acceptors (Lipinski definition) is 7. The van der Waals surface area contributed by atoms with Crippen LogP contribution in [0.2, 0.25) is 0 Å². The molecule has 5 heterocycles. The van der Waals surface area contributed by atoms with Crippen LogP contribution in [0.25, 0.3) is 39.1 Å². The van der Waals surface area contributed by atoms with Gasteiger partial charge in [0.05, 0.1) is 11.4 Å². The predicted molar refractivity (Wildman–Crippen MR) is 178 cm³/mol. The van der Waals surface area contributed by atoms with E-state index in [4.69, 9.17) is 9.72 Å². The van der Waals surface area contributed by atoms with E-state index in [0.29, 0.717) is 12.5 Å². The van der Waals surface area contributed by atoms with Gasteiger partial charge in [0, 0.05) is 41.2 Å². The molecule has 1 fully saturated rings. The second-order valence-electron chi connectivity index (χ2n) is 12.0. The molecule has 0 atom stereocenters. The minimum absolute atomic E-state index is 0.382. The Morgan fingerprint density at radius 3 is 2.39 bits per heavy atom. The summed E-state index contributed by atoms with van der Waals surface area (Å²) in [5.74, 6) is 2.94. The van der Waals surface area contributed by atoms with Gasteiger partial charge in [-0.05, 0) is 62.2 Å². The van der Waals surface area contributed by atoms with Gasteiger partial charge in [0.25, 0.3) is 0 Å². The first-order valence-electron chi connectivity index (χ1n) is 15.8. The number of nitrogens with one attached hydrogen (secondary N) is 1. The number of hydrogen-bond donors (Lipinski definition) is 1. The number of benzene rings is 3. The zero-order chi connectivity index (χ0) is 30.9. The van der Waals surface area contributed by atoms with Crippen LogP contribution in [-0.2, 0) is 13.2 Å². The molecule has 46 heavy (non-hydrogen) atoms. The van der Waals surface area contributed by atoms with Crippen molar-refractivity contribution in [3.8, 4) is 28.1 Å². The summed E-state index contributed by atoms with van der Waals surface area (Å²) in [7, 11) is 0. The minimum atomic E-state index is 0.382. The van der Waals surface area contributed by atoms with Crippen LogP contribution in [-0.4, -0.2) is 52.8 Å². The summed E-state index contributed by atoms with van der Waals surface area (Å²) < 4.78 is 7.67. The molecule has 0 radical (unpaired) electrons. The Kier molecular flexibility index (Phi) is 7.43. The topological polar surface area (TPSA) is 97.1 Å². The molecule has 1 aliphatic heterocycles. The van der Waals surface area contributed by atoms with Crippen LogP contribution in [0.3, 0.4) is 0 Å². The molecule has 0 amide bonds. The van der Waals surface area contributed by atoms with Crippen molar-refractivity contribution < 1.29 is 4.74 Å². The summed E-state index contributed by atoms with van der Waals surface area (Å²) in [4.78, 5) is 15.7. The van der Waals surface area contributed by atoms with Crippen molar-refractivity contribution in [1.29, 1.82) is 0 Å². The lowest BCUT2D eigenvalue weighted by Gasteiger charge is -2.30. The fourth-order valence-corrected chi connectivity index (χ4v) is 6.33. The lowest BCUT2D eigenvalue weighted by Crippen LogP contribution is -2.32. The van der Waals surface area contributed by atoms with E-state index in [1.165, 1.54) is 5.56 Å². The number of likely N-dealkylation sites (tertiary alicyclic amines) is 1. The molecule has 0 unspecified atom stereocenters. The fraction of sp³-hybridized carbons (Fsp3) is 0.216. The van der Waals surface area contributed by atoms with Gasteiger partial charge in [-0.2, -0.15) is 9.61 Å². The summed E-state index contributed by atoms with van der Waals surface area (Å²) >= 11 is 0. The maximum absolute atomic E-state index is 5.83. The molecule has 9 nitrogen and oxygen atoms in total. The first kappa shape index (κ1) is 28.1. The van der Waals surface area contributed by atoms with E-state index in [2.05, 4.69) is 84.8 Å². The van der Waals surface area contributed by atoms with E-state index in [-0.39, 0.29) is 0 Å². The van der Waals surface area contributed by atoms with Gasteiger partial charge in [-0.15, -0.1) is 10.2 Å². The number of pyridine rings is 1. The Hall–Kier alpha value is -5.41. The van der Waals surface area contributed by atoms with Gasteiger partial charge in [-0.3, -0.25) is 4.90 Å². The third kappa shape index (κ3) is 5.73. The third-order valence-electron chi connectivity index (χ3n) is 8.74. The van der Waals surface area contributed by atoms with Gasteiger partial charge in [0.2, 0.25) is 0 Å². The smallest absolute Gasteiger partial charge is 0.168 e. The maximum Gasteiger partial charge on any atom is 0.168 e. The number of fused-ring (bicyclic) bond motifs is 3. The van der Waals surface area contributed by atoms with Crippen molar-refractivity contribution in [2.75, 3.05) is 13.1 Å². The van der Waals surface area contributed by atoms with Crippen LogP contribution in [0.4, 0.5) is 0 Å². The highest BCUT2D eigenvalue weighted by molar-refractivity contribution is 5.90. The monoisotopic (exact) mass is 606 g/mol. The number of H-pyrrole nitrogens is 1. The van der Waals surface area contributed by atoms with Gasteiger partial charge in [-0.25, -0.2) is 9.97 Å². The fourth-order valence-electron chi connectivity index (χ4n) is 6.33. The van der Waals surface area contributed by atoms with Crippen molar-refractivity contribution in [2.45, 2.75) is 38.8 Å². The molecule has 8 rings (SSSR count). The molecule has 0 saturated carbocycles. The van der Waals surface area contributed by atoms with E-state index >= 15 is 0 Å². The third-order valence-corrected chi connectivity index (χ3v) is 8.74. The van der Waals surface area contributed by atoms with E-state index in [0.717, 1.165) is 94.6 Å². The van der Waals surface area contributed by atoms with E-state index in [1.807, 2.05) is 60.1 Å². The predicted octanol–water partition coefficient (Wildman–Crippen LogP) is 7.00. The molecule has 9 heteroatoms. The van der Waals surface area contributed by atoms with Crippen molar-refractivity contribution >= 4 is 16.7 Å². The largest absolute Gasteiger partial charge is 0.486 e. The molecular formula is C37H34N8O. The van der Waals surface area contributed by atoms with E-state index in [9.17, 15) is 0 Å². The molecule has 0 spiro atoms. The van der Waals surface area contributed by atoms with Gasteiger partial charge in [-0.1, -0.05) is 72.8 Å². The molecule has 1 N–H and O–H groups in total. The van der Waals surface area contributed by atoms with Crippen LogP contribution < -0.4 is 4.74 Å². The van der Waals surface area contributed by atoms with Crippen molar-refractivity contribution in [3.05, 3.63) is 126 Å². The summed E-state index contributed by atoms with van der Waals surface area (Å²) in [5.41, 5.74) is 8.04. The average Bonchev–Trinajstić information content (AvgIpc) is 3.75. The second kappa shape index (κ2) is 12.2. The quantitative estimate of drug-likeness (QED) is 0.199. The van der Waals surface area contributed by atoms with Crippen molar-refractivity contribution in [1.82, 2.24) is 39.7 Å². The van der Waals surface area contributed by atoms with Crippen molar-refractivity contribution in [2.24, 2.45) is 0 Å². The number of piperidine rings is 1. The molecule has 0 bridgehead atoms. The lowest BCUT2D eigenvalue weighted by atomic mass is 9.95. The van der Waals surface area contributed by atoms with Gasteiger partial charge >= 0.3 is 0 Å². The lowest BCUT2D eigenvalue weighted by molar-refractivity contribution is 0.201. The maximum atomic E-state index is 5.83. The number of aromatic amines is 1. The van der Waals surface area contributed by atoms with Gasteiger partial charge < -0.3 is 9.72 Å². The standard InChI is InChI=1S/C37H34N8O/c1-25-20-34-38-22-30-21-32(27-8-4-2-5-9-27)35(40-37(30)45(34)43-25)28-14-12-26(13-15-28)23-44-18-16-29(17-19-44)36-39-33(41-42-36)24-46-31-10-6-3-7-11-31/h2-15,20-22,29H,16-19,23-24H2,1H3,(H,39,41,42). The Morgan fingerprint density at radius 2 is 1.61 bits per heavy atom. The molecule has 1 aliphatic rings. The Morgan fingerprint density at radius 1 is 0.848 bits per heavy atom. The van der Waals surface area contributed by atoms with Crippen LogP contribution >= 0.6 is 0 Å². The van der Waals surface area contributed by atoms with E-state index in [1.54, 1.807) is 0 Å². The number of ether oxygens (including phenoxy) is 1. The number of para-hydroxylation sites is 1. The number of nitrogens with zero attached hydrogens (tertiary/aromatic N) is 7. The average molecular weight is 607 g/mol. The number of aryl methyl sites for hydroxylation is 1. The zero-order valence-corrected chi connectivity index (χ0v) is 25.7. The Bertz CT molecular complexity index is 2100. The molecule has 228 valence electrons. The highest BCUT2D eigenvalue weighted by Gasteiger charge is 2.24. The molecule has 1 saturated heterocycles. The highest BCUT2D eigenvalue weighted by Crippen LogP contribution is 2.34. The first-order chi connectivity index (χ1) is 22.7. The zero-order valence-electron chi connectivity index (χ0n) is 25.7. The SMILES string of the molecule is Cc1cc2ncc3cc(-c4ccccc4)c(-c4ccc(CN5CCC(c6nnc(COc7ccccc7)[nH]6)CC5)cc4)nc3n2n1. The molecular weight excluding hydrogens is 572 g/mol. The summed E-state index contributed by atoms with van der Waals surface area (Å²) in [5, 5.41) is 14.4. The highest BCUT2D eigenvalue weighted by atomic mass is 16.5. The van der Waals surface area contributed by atoms with E-state index < -0.39 is 0 Å².